The summed E-state index contributed by atoms with van der Waals surface area (Å²) in [6.45, 7) is 5.39. The molecular formula is C16H25BrN2O2. The number of hydrogen-bond acceptors (Lipinski definition) is 4. The van der Waals surface area contributed by atoms with Crippen LogP contribution in [0.25, 0.3) is 0 Å². The van der Waals surface area contributed by atoms with Crippen molar-refractivity contribution in [3.05, 3.63) is 28.2 Å². The Bertz CT molecular complexity index is 456. The van der Waals surface area contributed by atoms with Crippen LogP contribution in [0.2, 0.25) is 0 Å². The molecule has 1 aromatic carbocycles. The summed E-state index contributed by atoms with van der Waals surface area (Å²) in [4.78, 5) is 2.27. The van der Waals surface area contributed by atoms with E-state index >= 15 is 0 Å². The van der Waals surface area contributed by atoms with Gasteiger partial charge in [0.2, 0.25) is 0 Å². The van der Waals surface area contributed by atoms with Gasteiger partial charge in [-0.25, -0.2) is 0 Å². The van der Waals surface area contributed by atoms with Crippen molar-refractivity contribution in [1.29, 1.82) is 0 Å². The van der Waals surface area contributed by atoms with Crippen molar-refractivity contribution in [2.45, 2.75) is 31.9 Å². The smallest absolute Gasteiger partial charge is 0.119 e. The summed E-state index contributed by atoms with van der Waals surface area (Å²) in [5, 5.41) is 0. The second kappa shape index (κ2) is 8.13. The third-order valence-corrected chi connectivity index (χ3v) is 4.58. The highest BCUT2D eigenvalue weighted by atomic mass is 79.9. The molecule has 0 aliphatic carbocycles. The molecule has 2 atom stereocenters. The molecule has 0 saturated carbocycles. The van der Waals surface area contributed by atoms with Crippen LogP contribution >= 0.6 is 15.9 Å². The van der Waals surface area contributed by atoms with Crippen LogP contribution in [0, 0.1) is 0 Å². The highest BCUT2D eigenvalue weighted by Gasteiger charge is 2.18. The van der Waals surface area contributed by atoms with Crippen molar-refractivity contribution in [2.24, 2.45) is 5.73 Å². The summed E-state index contributed by atoms with van der Waals surface area (Å²) >= 11 is 3.58. The Morgan fingerprint density at radius 2 is 2.33 bits per heavy atom. The van der Waals surface area contributed by atoms with Gasteiger partial charge < -0.3 is 20.1 Å². The summed E-state index contributed by atoms with van der Waals surface area (Å²) < 4.78 is 12.7. The van der Waals surface area contributed by atoms with Gasteiger partial charge in [-0.05, 0) is 43.7 Å². The van der Waals surface area contributed by atoms with Crippen LogP contribution in [0.1, 0.15) is 18.9 Å². The number of nitrogens with two attached hydrogens (primary N) is 1. The predicted octanol–water partition coefficient (Wildman–Crippen LogP) is 2.44. The fourth-order valence-corrected chi connectivity index (χ4v) is 2.79. The number of likely N-dealkylation sites (N-methyl/N-ethyl adjacent to an activating group) is 1. The van der Waals surface area contributed by atoms with E-state index in [9.17, 15) is 0 Å². The minimum absolute atomic E-state index is 0.147. The standard InChI is InChI=1S/C16H25BrN2O2/c1-3-13(18)8-12-9-14(4-5-16(12)17)21-11-15-10-19(2)6-7-20-15/h4-5,9,13,15H,3,6-8,10-11,18H2,1-2H3. The van der Waals surface area contributed by atoms with Gasteiger partial charge >= 0.3 is 0 Å². The van der Waals surface area contributed by atoms with Crippen molar-refractivity contribution in [3.8, 4) is 5.75 Å². The molecule has 1 aliphatic rings. The van der Waals surface area contributed by atoms with Crippen molar-refractivity contribution < 1.29 is 9.47 Å². The molecule has 21 heavy (non-hydrogen) atoms. The number of rotatable bonds is 6. The lowest BCUT2D eigenvalue weighted by molar-refractivity contribution is -0.0403. The van der Waals surface area contributed by atoms with E-state index in [1.165, 1.54) is 5.56 Å². The molecule has 1 fully saturated rings. The van der Waals surface area contributed by atoms with E-state index in [4.69, 9.17) is 15.2 Å². The highest BCUT2D eigenvalue weighted by molar-refractivity contribution is 9.10. The summed E-state index contributed by atoms with van der Waals surface area (Å²) in [6, 6.07) is 6.27. The Morgan fingerprint density at radius 3 is 3.05 bits per heavy atom. The second-order valence-corrected chi connectivity index (χ2v) is 6.55. The lowest BCUT2D eigenvalue weighted by Gasteiger charge is -2.29. The maximum Gasteiger partial charge on any atom is 0.119 e. The van der Waals surface area contributed by atoms with Gasteiger partial charge in [-0.1, -0.05) is 22.9 Å². The third kappa shape index (κ3) is 5.25. The zero-order chi connectivity index (χ0) is 15.2. The Balaban J connectivity index is 1.92. The van der Waals surface area contributed by atoms with Gasteiger partial charge in [0.25, 0.3) is 0 Å². The zero-order valence-electron chi connectivity index (χ0n) is 12.8. The van der Waals surface area contributed by atoms with Gasteiger partial charge in [0.15, 0.2) is 0 Å². The Labute approximate surface area is 135 Å². The highest BCUT2D eigenvalue weighted by Crippen LogP contribution is 2.24. The second-order valence-electron chi connectivity index (χ2n) is 5.69. The number of halogens is 1. The molecule has 1 saturated heterocycles. The largest absolute Gasteiger partial charge is 0.491 e. The average molecular weight is 357 g/mol. The number of ether oxygens (including phenoxy) is 2. The zero-order valence-corrected chi connectivity index (χ0v) is 14.4. The molecule has 1 aromatic rings. The number of benzene rings is 1. The Kier molecular flexibility index (Phi) is 6.48. The lowest BCUT2D eigenvalue weighted by Crippen LogP contribution is -2.42. The monoisotopic (exact) mass is 356 g/mol. The van der Waals surface area contributed by atoms with Gasteiger partial charge in [0, 0.05) is 23.6 Å². The summed E-state index contributed by atoms with van der Waals surface area (Å²) in [5.74, 6) is 0.883. The van der Waals surface area contributed by atoms with E-state index in [1.807, 2.05) is 12.1 Å². The van der Waals surface area contributed by atoms with E-state index < -0.39 is 0 Å². The van der Waals surface area contributed by atoms with Crippen molar-refractivity contribution in [1.82, 2.24) is 4.90 Å². The molecule has 118 valence electrons. The normalized spacial score (nSPS) is 21.2. The first-order chi connectivity index (χ1) is 10.1. The van der Waals surface area contributed by atoms with Crippen LogP contribution in [-0.4, -0.2) is 50.4 Å². The minimum atomic E-state index is 0.147. The summed E-state index contributed by atoms with van der Waals surface area (Å²) in [5.41, 5.74) is 7.24. The molecule has 2 rings (SSSR count). The third-order valence-electron chi connectivity index (χ3n) is 3.80. The maximum absolute atomic E-state index is 6.04. The van der Waals surface area contributed by atoms with E-state index in [2.05, 4.69) is 40.9 Å². The SMILES string of the molecule is CCC(N)Cc1cc(OCC2CN(C)CCO2)ccc1Br. The van der Waals surface area contributed by atoms with Crippen LogP contribution in [0.3, 0.4) is 0 Å². The number of morpholine rings is 1. The minimum Gasteiger partial charge on any atom is -0.491 e. The maximum atomic E-state index is 6.04. The molecule has 0 bridgehead atoms. The molecule has 4 nitrogen and oxygen atoms in total. The van der Waals surface area contributed by atoms with Gasteiger partial charge in [0.1, 0.15) is 18.5 Å². The molecule has 5 heteroatoms. The van der Waals surface area contributed by atoms with Crippen LogP contribution in [0.15, 0.2) is 22.7 Å². The molecule has 0 amide bonds. The van der Waals surface area contributed by atoms with Crippen molar-refractivity contribution in [2.75, 3.05) is 33.4 Å². The Morgan fingerprint density at radius 1 is 1.52 bits per heavy atom. The van der Waals surface area contributed by atoms with E-state index in [1.54, 1.807) is 0 Å². The molecule has 0 aromatic heterocycles. The van der Waals surface area contributed by atoms with Gasteiger partial charge in [-0.2, -0.15) is 0 Å². The fourth-order valence-electron chi connectivity index (χ4n) is 2.38. The average Bonchev–Trinajstić information content (AvgIpc) is 2.48. The predicted molar refractivity (Wildman–Crippen MR) is 88.8 cm³/mol. The molecule has 2 unspecified atom stereocenters. The molecule has 0 spiro atoms. The molecule has 2 N–H and O–H groups in total. The van der Waals surface area contributed by atoms with Gasteiger partial charge in [-0.3, -0.25) is 0 Å². The van der Waals surface area contributed by atoms with Gasteiger partial charge in [0.05, 0.1) is 6.61 Å². The van der Waals surface area contributed by atoms with Crippen LogP contribution in [0.5, 0.6) is 5.75 Å². The molecule has 1 aliphatic heterocycles. The molecule has 1 heterocycles. The van der Waals surface area contributed by atoms with Crippen LogP contribution in [-0.2, 0) is 11.2 Å². The van der Waals surface area contributed by atoms with Gasteiger partial charge in [-0.15, -0.1) is 0 Å². The first-order valence-corrected chi connectivity index (χ1v) is 8.34. The topological polar surface area (TPSA) is 47.7 Å². The lowest BCUT2D eigenvalue weighted by atomic mass is 10.0. The number of hydrogen-bond donors (Lipinski definition) is 1. The van der Waals surface area contributed by atoms with Crippen molar-refractivity contribution in [3.63, 3.8) is 0 Å². The summed E-state index contributed by atoms with van der Waals surface area (Å²) in [6.07, 6.45) is 1.98. The molecular weight excluding hydrogens is 332 g/mol. The molecule has 0 radical (unpaired) electrons. The first-order valence-electron chi connectivity index (χ1n) is 7.55. The van der Waals surface area contributed by atoms with Crippen LogP contribution < -0.4 is 10.5 Å². The van der Waals surface area contributed by atoms with E-state index in [0.29, 0.717) is 6.61 Å². The Hall–Kier alpha value is -0.620. The van der Waals surface area contributed by atoms with E-state index in [0.717, 1.165) is 42.8 Å². The summed E-state index contributed by atoms with van der Waals surface area (Å²) in [7, 11) is 2.11. The first kappa shape index (κ1) is 16.7. The quantitative estimate of drug-likeness (QED) is 0.850. The van der Waals surface area contributed by atoms with Crippen molar-refractivity contribution >= 4 is 15.9 Å². The fraction of sp³-hybridized carbons (Fsp3) is 0.625. The number of nitrogens with zero attached hydrogens (tertiary/aromatic N) is 1. The van der Waals surface area contributed by atoms with E-state index in [-0.39, 0.29) is 12.1 Å². The van der Waals surface area contributed by atoms with Crippen LogP contribution in [0.4, 0.5) is 0 Å².